The van der Waals surface area contributed by atoms with E-state index in [-0.39, 0.29) is 24.0 Å². The number of likely N-dealkylation sites (tertiary alicyclic amines) is 1. The Morgan fingerprint density at radius 1 is 0.844 bits per heavy atom. The van der Waals surface area contributed by atoms with Gasteiger partial charge in [-0.05, 0) is 153 Å². The first-order valence-electron chi connectivity index (χ1n) is 26.0. The quantitative estimate of drug-likeness (QED) is 0.0955. The van der Waals surface area contributed by atoms with Gasteiger partial charge in [0.1, 0.15) is 0 Å². The molecule has 12 atom stereocenters. The Morgan fingerprint density at radius 2 is 1.59 bits per heavy atom. The smallest absolute Gasteiger partial charge is 0.303 e. The van der Waals surface area contributed by atoms with Crippen molar-refractivity contribution in [2.45, 2.75) is 180 Å². The molecule has 6 aliphatic rings. The van der Waals surface area contributed by atoms with Gasteiger partial charge in [0.05, 0.1) is 18.8 Å². The third-order valence-corrected chi connectivity index (χ3v) is 18.3. The Labute approximate surface area is 386 Å². The van der Waals surface area contributed by atoms with Gasteiger partial charge in [0, 0.05) is 44.2 Å². The summed E-state index contributed by atoms with van der Waals surface area (Å²) in [6, 6.07) is 19.7. The molecule has 1 aliphatic heterocycles. The number of carboxylic acid groups (broad SMARTS) is 1. The summed E-state index contributed by atoms with van der Waals surface area (Å²) in [6.07, 6.45) is 26.5. The van der Waals surface area contributed by atoms with Crippen molar-refractivity contribution in [2.75, 3.05) is 19.7 Å². The number of ether oxygens (including phenoxy) is 2. The molecular weight excluding hydrogens is 795 g/mol. The van der Waals surface area contributed by atoms with E-state index in [1.807, 2.05) is 0 Å². The molecule has 3 N–H and O–H groups in total. The van der Waals surface area contributed by atoms with E-state index < -0.39 is 11.8 Å². The summed E-state index contributed by atoms with van der Waals surface area (Å²) in [5.74, 6) is 2.35. The van der Waals surface area contributed by atoms with E-state index >= 15 is 0 Å². The fraction of sp³-hybridized carbons (Fsp3) is 0.702. The summed E-state index contributed by atoms with van der Waals surface area (Å²) < 4.78 is 14.0. The van der Waals surface area contributed by atoms with Gasteiger partial charge in [-0.25, -0.2) is 0 Å². The number of hydrogen-bond acceptors (Lipinski definition) is 6. The zero-order valence-corrected chi connectivity index (χ0v) is 40.0. The first kappa shape index (κ1) is 47.7. The molecule has 2 aromatic rings. The number of rotatable bonds is 19. The molecule has 1 saturated heterocycles. The summed E-state index contributed by atoms with van der Waals surface area (Å²) in [6.45, 7) is 13.7. The first-order valence-corrected chi connectivity index (χ1v) is 26.0. The van der Waals surface area contributed by atoms with Gasteiger partial charge in [-0.2, -0.15) is 0 Å². The second-order valence-corrected chi connectivity index (χ2v) is 22.4. The summed E-state index contributed by atoms with van der Waals surface area (Å²) >= 11 is 0. The molecule has 8 rings (SSSR count). The lowest BCUT2D eigenvalue weighted by molar-refractivity contribution is -0.189. The highest BCUT2D eigenvalue weighted by atomic mass is 16.5. The van der Waals surface area contributed by atoms with Crippen LogP contribution in [0.5, 0.6) is 0 Å². The van der Waals surface area contributed by atoms with Crippen LogP contribution in [0.1, 0.15) is 155 Å². The lowest BCUT2D eigenvalue weighted by atomic mass is 9.46. The average molecular weight is 878 g/mol. The largest absolute Gasteiger partial charge is 0.481 e. The lowest BCUT2D eigenvalue weighted by Gasteiger charge is -2.59. The van der Waals surface area contributed by atoms with Crippen molar-refractivity contribution < 1.29 is 29.6 Å². The number of hydrogen-bond donors (Lipinski definition) is 3. The predicted octanol–water partition coefficient (Wildman–Crippen LogP) is 12.4. The van der Waals surface area contributed by atoms with Crippen molar-refractivity contribution in [3.8, 4) is 11.1 Å². The van der Waals surface area contributed by atoms with E-state index in [0.29, 0.717) is 55.1 Å². The number of allylic oxidation sites excluding steroid dienone is 3. The Bertz CT molecular complexity index is 1870. The third kappa shape index (κ3) is 10.8. The second-order valence-electron chi connectivity index (χ2n) is 22.4. The number of carbonyl (C=O) groups is 1. The van der Waals surface area contributed by atoms with Crippen molar-refractivity contribution in [3.05, 3.63) is 84.0 Å². The number of aliphatic hydroxyl groups is 2. The van der Waals surface area contributed by atoms with Gasteiger partial charge in [-0.1, -0.05) is 125 Å². The van der Waals surface area contributed by atoms with Crippen LogP contribution in [0, 0.1) is 52.3 Å². The van der Waals surface area contributed by atoms with Crippen LogP contribution in [0.3, 0.4) is 0 Å². The van der Waals surface area contributed by atoms with Gasteiger partial charge < -0.3 is 24.8 Å². The highest BCUT2D eigenvalue weighted by Gasteiger charge is 2.60. The maximum atomic E-state index is 11.1. The minimum absolute atomic E-state index is 0.110. The minimum atomic E-state index is -1.52. The van der Waals surface area contributed by atoms with Gasteiger partial charge in [-0.15, -0.1) is 0 Å². The topological polar surface area (TPSA) is 99.5 Å². The van der Waals surface area contributed by atoms with Crippen LogP contribution in [-0.2, 0) is 20.9 Å². The number of fused-ring (bicyclic) bond motifs is 5. The van der Waals surface area contributed by atoms with Crippen molar-refractivity contribution in [1.82, 2.24) is 4.90 Å². The predicted molar refractivity (Wildman–Crippen MR) is 257 cm³/mol. The molecule has 7 nitrogen and oxygen atoms in total. The molecule has 0 bridgehead atoms. The molecule has 64 heavy (non-hydrogen) atoms. The van der Waals surface area contributed by atoms with Crippen LogP contribution in [0.2, 0.25) is 0 Å². The van der Waals surface area contributed by atoms with Crippen LogP contribution in [0.15, 0.2) is 78.4 Å². The summed E-state index contributed by atoms with van der Waals surface area (Å²) in [7, 11) is 0. The Morgan fingerprint density at radius 3 is 2.36 bits per heavy atom. The van der Waals surface area contributed by atoms with Crippen molar-refractivity contribution in [1.29, 1.82) is 0 Å². The molecule has 5 aliphatic carbocycles. The normalized spacial score (nSPS) is 34.8. The molecule has 0 spiro atoms. The van der Waals surface area contributed by atoms with Crippen molar-refractivity contribution >= 4 is 5.97 Å². The van der Waals surface area contributed by atoms with Crippen LogP contribution < -0.4 is 0 Å². The summed E-state index contributed by atoms with van der Waals surface area (Å²) in [5.41, 5.74) is 5.54. The minimum Gasteiger partial charge on any atom is -0.481 e. The number of carboxylic acids is 1. The van der Waals surface area contributed by atoms with Gasteiger partial charge in [0.15, 0.2) is 5.79 Å². The van der Waals surface area contributed by atoms with Gasteiger partial charge in [0.2, 0.25) is 0 Å². The Kier molecular flexibility index (Phi) is 15.6. The van der Waals surface area contributed by atoms with E-state index in [1.54, 1.807) is 0 Å². The van der Waals surface area contributed by atoms with Gasteiger partial charge in [-0.3, -0.25) is 9.69 Å². The molecule has 0 radical (unpaired) electrons. The molecule has 0 aromatic heterocycles. The standard InChI is InChI=1S/C57H83NO6/c1-40(16-15-17-41(2)48-28-29-49-46-27-26-45-37-57(61,62)33-32-55(45,3)50(46)30-31-56(48,49)4)38-63-52-36-51(64-39-42-22-24-44(25-23-42)43-18-9-7-10-19-43)47(20-11-5-6-12-21-53(59)60)54(52)58-34-13-8-14-35-58/h5-7,9-10,18-19,22-26,40-41,46-52,54,61-62H,8,11-17,20-21,27-39H2,1-4H3,(H,59,60)/b6-5-/t40?,41-,46?,47+,48-,49+,50+,51+,52+,54-,55+,56-/m1/s1. The number of nitrogens with zero attached hydrogens (tertiary/aromatic N) is 1. The average Bonchev–Trinajstić information content (AvgIpc) is 3.83. The lowest BCUT2D eigenvalue weighted by Crippen LogP contribution is -2.52. The highest BCUT2D eigenvalue weighted by molar-refractivity contribution is 5.66. The monoisotopic (exact) mass is 878 g/mol. The van der Waals surface area contributed by atoms with Gasteiger partial charge in [0.25, 0.3) is 0 Å². The summed E-state index contributed by atoms with van der Waals surface area (Å²) in [5, 5.41) is 30.2. The molecule has 4 saturated carbocycles. The Hall–Kier alpha value is -2.81. The van der Waals surface area contributed by atoms with Crippen LogP contribution in [0.25, 0.3) is 11.1 Å². The highest BCUT2D eigenvalue weighted by Crippen LogP contribution is 2.67. The Balaban J connectivity index is 0.866. The van der Waals surface area contributed by atoms with Crippen LogP contribution in [0.4, 0.5) is 0 Å². The molecule has 1 heterocycles. The number of aliphatic carboxylic acids is 1. The fourth-order valence-electron chi connectivity index (χ4n) is 14.8. The van der Waals surface area contributed by atoms with E-state index in [1.165, 1.54) is 86.5 Å². The molecule has 0 amide bonds. The van der Waals surface area contributed by atoms with E-state index in [4.69, 9.17) is 14.6 Å². The van der Waals surface area contributed by atoms with Crippen LogP contribution >= 0.6 is 0 Å². The number of piperidine rings is 1. The molecular formula is C57H83NO6. The second kappa shape index (κ2) is 21.0. The molecule has 2 aromatic carbocycles. The van der Waals surface area contributed by atoms with Crippen LogP contribution in [-0.4, -0.2) is 69.9 Å². The van der Waals surface area contributed by atoms with E-state index in [2.05, 4.69) is 105 Å². The molecule has 7 heteroatoms. The first-order chi connectivity index (χ1) is 30.8. The van der Waals surface area contributed by atoms with E-state index in [0.717, 1.165) is 75.5 Å². The number of benzene rings is 2. The molecule has 5 fully saturated rings. The van der Waals surface area contributed by atoms with Crippen molar-refractivity contribution in [3.63, 3.8) is 0 Å². The molecule has 2 unspecified atom stereocenters. The molecule has 352 valence electrons. The van der Waals surface area contributed by atoms with Gasteiger partial charge >= 0.3 is 5.97 Å². The zero-order chi connectivity index (χ0) is 44.9. The summed E-state index contributed by atoms with van der Waals surface area (Å²) in [4.78, 5) is 13.9. The third-order valence-electron chi connectivity index (χ3n) is 18.3. The van der Waals surface area contributed by atoms with E-state index in [9.17, 15) is 15.0 Å². The SMILES string of the molecule is CC(CCC[C@@H](C)[C@H]1CC[C@H]2C3CC=C4CC(O)(O)CC[C@]4(C)[C@H]3CC[C@]12C)CO[C@H]1C[C@H](OCc2ccc(-c3ccccc3)cc2)[C@H](CC/C=C\CCC(=O)O)[C@H]1N1CCCCC1. The van der Waals surface area contributed by atoms with Crippen molar-refractivity contribution in [2.24, 2.45) is 52.3 Å². The fourth-order valence-corrected chi connectivity index (χ4v) is 14.8. The zero-order valence-electron chi connectivity index (χ0n) is 40.0. The maximum Gasteiger partial charge on any atom is 0.303 e. The maximum absolute atomic E-state index is 11.1.